The van der Waals surface area contributed by atoms with Crippen LogP contribution in [0.2, 0.25) is 0 Å². The third-order valence-corrected chi connectivity index (χ3v) is 4.92. The summed E-state index contributed by atoms with van der Waals surface area (Å²) in [7, 11) is -3.98. The zero-order valence-corrected chi connectivity index (χ0v) is 18.6. The number of β-lactam (4-membered cyclic amide) rings is 1. The van der Waals surface area contributed by atoms with Crippen LogP contribution in [-0.4, -0.2) is 71.6 Å². The van der Waals surface area contributed by atoms with E-state index in [-0.39, 0.29) is 50.4 Å². The fraction of sp³-hybridized carbons (Fsp3) is 0.417. The zero-order valence-electron chi connectivity index (χ0n) is 14.9. The van der Waals surface area contributed by atoms with E-state index >= 15 is 0 Å². The molecule has 0 spiro atoms. The number of oxime groups is 1. The molecule has 0 unspecified atom stereocenters. The number of thiazole rings is 1. The second kappa shape index (κ2) is 9.62. The molecular weight excluding hydrogens is 429 g/mol. The average molecular weight is 443 g/mol. The maximum Gasteiger partial charge on any atom is 1.00 e. The third-order valence-electron chi connectivity index (χ3n) is 3.32. The van der Waals surface area contributed by atoms with Crippen LogP contribution in [-0.2, 0) is 34.3 Å². The minimum absolute atomic E-state index is 0. The Morgan fingerprint density at radius 2 is 2.14 bits per heavy atom. The van der Waals surface area contributed by atoms with E-state index in [0.29, 0.717) is 0 Å². The predicted octanol–water partition coefficient (Wildman–Crippen LogP) is -5.20. The molecule has 1 fully saturated rings. The summed E-state index contributed by atoms with van der Waals surface area (Å²) in [5.41, 5.74) is 5.24. The van der Waals surface area contributed by atoms with Crippen LogP contribution in [0.1, 0.15) is 12.6 Å². The molecule has 2 heterocycles. The number of carbonyl (C=O) groups is 3. The van der Waals surface area contributed by atoms with Gasteiger partial charge in [-0.3, -0.25) is 14.4 Å². The minimum Gasteiger partial charge on any atom is -0.731 e. The van der Waals surface area contributed by atoms with E-state index in [1.165, 1.54) is 12.5 Å². The summed E-state index contributed by atoms with van der Waals surface area (Å²) in [5.74, 6) is -2.87. The number of amides is 2. The van der Waals surface area contributed by atoms with Crippen molar-refractivity contribution in [1.29, 1.82) is 0 Å². The molecule has 28 heavy (non-hydrogen) atoms. The van der Waals surface area contributed by atoms with Gasteiger partial charge in [0.2, 0.25) is 0 Å². The molecule has 148 valence electrons. The molecule has 1 aliphatic rings. The number of hydrogen-bond donors (Lipinski definition) is 2. The molecule has 2 rings (SSSR count). The molecule has 1 saturated heterocycles. The number of aromatic nitrogens is 1. The summed E-state index contributed by atoms with van der Waals surface area (Å²) in [5, 5.41) is 7.30. The molecule has 3 N–H and O–H groups in total. The molecule has 16 heteroatoms. The largest absolute Gasteiger partial charge is 1.00 e. The van der Waals surface area contributed by atoms with Gasteiger partial charge in [-0.1, -0.05) is 5.16 Å². The standard InChI is InChI=1S/C12H15N5O8S2.Na/c1-5(18)25-3-7-9(11(20)17(7)27(21,22)23)15-10(19)8(16-24-2)6-4-26-12(13)14-6;/h4,7,9H,3H2,1-2H3,(H2,13,14)(H,15,19)(H,21,22,23);/q;+1/p-1/t7-,9+;/m0./s1. The Hall–Kier alpha value is -1.78. The summed E-state index contributed by atoms with van der Waals surface area (Å²) >= 11 is 1.03. The third kappa shape index (κ3) is 5.39. The van der Waals surface area contributed by atoms with Gasteiger partial charge in [-0.2, -0.15) is 0 Å². The van der Waals surface area contributed by atoms with Gasteiger partial charge in [-0.25, -0.2) is 17.7 Å². The molecule has 0 aliphatic carbocycles. The Bertz CT molecular complexity index is 902. The molecule has 2 atom stereocenters. The zero-order chi connectivity index (χ0) is 20.4. The Morgan fingerprint density at radius 3 is 2.61 bits per heavy atom. The van der Waals surface area contributed by atoms with Gasteiger partial charge >= 0.3 is 35.5 Å². The van der Waals surface area contributed by atoms with Gasteiger partial charge in [-0.05, 0) is 0 Å². The number of nitrogens with one attached hydrogen (secondary N) is 1. The van der Waals surface area contributed by atoms with Crippen LogP contribution in [0.3, 0.4) is 0 Å². The van der Waals surface area contributed by atoms with Crippen molar-refractivity contribution < 1.29 is 66.5 Å². The summed E-state index contributed by atoms with van der Waals surface area (Å²) in [6.45, 7) is 0.452. The molecular formula is C12H14N5NaO8S2. The number of nitrogen functional groups attached to an aromatic ring is 1. The normalized spacial score (nSPS) is 19.3. The van der Waals surface area contributed by atoms with E-state index in [2.05, 4.69) is 25.0 Å². The SMILES string of the molecule is CON=C(C(=O)N[C@H]1C(=O)N(S(=O)(=O)[O-])[C@H]1COC(C)=O)c1csc(N)n1.[Na+]. The number of anilines is 1. The van der Waals surface area contributed by atoms with Gasteiger partial charge in [0.15, 0.2) is 21.1 Å². The predicted molar refractivity (Wildman–Crippen MR) is 89.0 cm³/mol. The van der Waals surface area contributed by atoms with E-state index in [0.717, 1.165) is 18.3 Å². The first-order valence-electron chi connectivity index (χ1n) is 7.12. The minimum atomic E-state index is -5.15. The van der Waals surface area contributed by atoms with E-state index in [1.807, 2.05) is 0 Å². The van der Waals surface area contributed by atoms with E-state index in [4.69, 9.17) is 5.73 Å². The van der Waals surface area contributed by atoms with E-state index in [9.17, 15) is 27.4 Å². The van der Waals surface area contributed by atoms with E-state index < -0.39 is 46.8 Å². The van der Waals surface area contributed by atoms with Crippen molar-refractivity contribution in [3.8, 4) is 0 Å². The maximum absolute atomic E-state index is 12.4. The van der Waals surface area contributed by atoms with Crippen molar-refractivity contribution in [2.75, 3.05) is 19.5 Å². The first-order valence-corrected chi connectivity index (χ1v) is 9.36. The van der Waals surface area contributed by atoms with Gasteiger partial charge in [-0.15, -0.1) is 11.3 Å². The first kappa shape index (κ1) is 24.3. The summed E-state index contributed by atoms with van der Waals surface area (Å²) in [4.78, 5) is 43.8. The van der Waals surface area contributed by atoms with Crippen LogP contribution in [0.25, 0.3) is 0 Å². The van der Waals surface area contributed by atoms with Crippen molar-refractivity contribution >= 4 is 50.3 Å². The Kier molecular flexibility index (Phi) is 8.33. The Labute approximate surface area is 185 Å². The van der Waals surface area contributed by atoms with Gasteiger partial charge in [0.25, 0.3) is 11.8 Å². The van der Waals surface area contributed by atoms with Crippen molar-refractivity contribution in [3.63, 3.8) is 0 Å². The van der Waals surface area contributed by atoms with Crippen LogP contribution >= 0.6 is 11.3 Å². The van der Waals surface area contributed by atoms with Crippen LogP contribution in [0.5, 0.6) is 0 Å². The van der Waals surface area contributed by atoms with Crippen molar-refractivity contribution in [3.05, 3.63) is 11.1 Å². The molecule has 0 aromatic carbocycles. The number of nitrogens with two attached hydrogens (primary N) is 1. The summed E-state index contributed by atoms with van der Waals surface area (Å²) < 4.78 is 38.3. The maximum atomic E-state index is 12.4. The smallest absolute Gasteiger partial charge is 0.731 e. The topological polar surface area (TPSA) is 193 Å². The second-order valence-electron chi connectivity index (χ2n) is 5.11. The van der Waals surface area contributed by atoms with Gasteiger partial charge < -0.3 is 25.2 Å². The van der Waals surface area contributed by atoms with Crippen LogP contribution in [0.4, 0.5) is 5.13 Å². The number of rotatable bonds is 7. The molecule has 0 radical (unpaired) electrons. The van der Waals surface area contributed by atoms with Gasteiger partial charge in [0, 0.05) is 12.3 Å². The molecule has 1 aliphatic heterocycles. The summed E-state index contributed by atoms with van der Waals surface area (Å²) in [6.07, 6.45) is 0. The van der Waals surface area contributed by atoms with Crippen molar-refractivity contribution in [1.82, 2.24) is 14.6 Å². The fourth-order valence-electron chi connectivity index (χ4n) is 2.22. The summed E-state index contributed by atoms with van der Waals surface area (Å²) in [6, 6.07) is -2.82. The number of carbonyl (C=O) groups excluding carboxylic acids is 3. The molecule has 2 amide bonds. The Morgan fingerprint density at radius 1 is 1.50 bits per heavy atom. The average Bonchev–Trinajstić information content (AvgIpc) is 2.98. The van der Waals surface area contributed by atoms with E-state index in [1.54, 1.807) is 0 Å². The number of hydrogen-bond acceptors (Lipinski definition) is 12. The fourth-order valence-corrected chi connectivity index (χ4v) is 3.62. The number of ether oxygens (including phenoxy) is 1. The van der Waals surface area contributed by atoms with Crippen molar-refractivity contribution in [2.45, 2.75) is 19.0 Å². The molecule has 1 aromatic rings. The van der Waals surface area contributed by atoms with Gasteiger partial charge in [0.1, 0.15) is 31.5 Å². The number of esters is 1. The van der Waals surface area contributed by atoms with Crippen LogP contribution in [0, 0.1) is 0 Å². The van der Waals surface area contributed by atoms with Crippen molar-refractivity contribution in [2.24, 2.45) is 5.16 Å². The molecule has 0 saturated carbocycles. The molecule has 0 bridgehead atoms. The molecule has 13 nitrogen and oxygen atoms in total. The second-order valence-corrected chi connectivity index (χ2v) is 7.24. The monoisotopic (exact) mass is 443 g/mol. The Balaban J connectivity index is 0.00000392. The molecule has 1 aromatic heterocycles. The number of nitrogens with zero attached hydrogens (tertiary/aromatic N) is 3. The van der Waals surface area contributed by atoms with Crippen LogP contribution < -0.4 is 40.6 Å². The van der Waals surface area contributed by atoms with Crippen LogP contribution in [0.15, 0.2) is 10.5 Å². The first-order chi connectivity index (χ1) is 12.6. The van der Waals surface area contributed by atoms with Gasteiger partial charge in [0.05, 0.1) is 0 Å². The quantitative estimate of drug-likeness (QED) is 0.103.